The highest BCUT2D eigenvalue weighted by molar-refractivity contribution is 7.85. The van der Waals surface area contributed by atoms with Crippen LogP contribution in [0, 0.1) is 0 Å². The number of rotatable bonds is 2. The van der Waals surface area contributed by atoms with E-state index in [0.717, 1.165) is 16.2 Å². The number of thiophene rings is 1. The van der Waals surface area contributed by atoms with Gasteiger partial charge in [0.05, 0.1) is 20.6 Å². The fraction of sp³-hybridized carbons (Fsp3) is 0.188. The lowest BCUT2D eigenvalue weighted by Gasteiger charge is -2.03. The van der Waals surface area contributed by atoms with Crippen molar-refractivity contribution in [3.63, 3.8) is 0 Å². The average molecular weight is 396 g/mol. The molecule has 0 N–H and O–H groups in total. The number of aryl methyl sites for hydroxylation is 1. The highest BCUT2D eigenvalue weighted by Gasteiger charge is 2.34. The van der Waals surface area contributed by atoms with Gasteiger partial charge in [0.15, 0.2) is 17.2 Å². The molecule has 0 bridgehead atoms. The van der Waals surface area contributed by atoms with Crippen LogP contribution in [-0.2, 0) is 24.0 Å². The minimum atomic E-state index is -4.59. The minimum Gasteiger partial charge on any atom is -0.310 e. The Morgan fingerprint density at radius 1 is 1.19 bits per heavy atom. The molecule has 1 aromatic carbocycles. The lowest BCUT2D eigenvalue weighted by atomic mass is 10.2. The summed E-state index contributed by atoms with van der Waals surface area (Å²) in [5.41, 5.74) is -0.765. The van der Waals surface area contributed by atoms with Gasteiger partial charge in [0, 0.05) is 29.5 Å². The summed E-state index contributed by atoms with van der Waals surface area (Å²) < 4.78 is 53.5. The standard InChI is InChI=1S/C16H11F3N4OS2/c1-23-14-9(7-11(21-22-14)16(17,18)19)20-15(23)12-13(26(2)24)8-5-3-4-6-10(8)25-12/h3-7H,1-2H3. The molecule has 1 unspecified atom stereocenters. The topological polar surface area (TPSA) is 60.7 Å². The van der Waals surface area contributed by atoms with Crippen molar-refractivity contribution in [1.29, 1.82) is 0 Å². The number of halogens is 3. The van der Waals surface area contributed by atoms with Gasteiger partial charge in [-0.2, -0.15) is 13.2 Å². The molecule has 5 nitrogen and oxygen atoms in total. The minimum absolute atomic E-state index is 0.0927. The second kappa shape index (κ2) is 5.85. The molecule has 0 aliphatic rings. The second-order valence-corrected chi connectivity index (χ2v) is 8.01. The molecule has 4 rings (SSSR count). The number of nitrogens with zero attached hydrogens (tertiary/aromatic N) is 4. The second-order valence-electron chi connectivity index (χ2n) is 5.64. The molecule has 4 aromatic rings. The summed E-state index contributed by atoms with van der Waals surface area (Å²) >= 11 is 1.40. The molecule has 3 aromatic heterocycles. The molecular formula is C16H11F3N4OS2. The predicted molar refractivity (Wildman–Crippen MR) is 94.5 cm³/mol. The molecule has 26 heavy (non-hydrogen) atoms. The fourth-order valence-electron chi connectivity index (χ4n) is 2.78. The maximum atomic E-state index is 12.9. The number of alkyl halides is 3. The van der Waals surface area contributed by atoms with Crippen LogP contribution in [0.1, 0.15) is 5.69 Å². The van der Waals surface area contributed by atoms with Gasteiger partial charge in [0.1, 0.15) is 5.52 Å². The molecule has 134 valence electrons. The van der Waals surface area contributed by atoms with E-state index in [-0.39, 0.29) is 11.2 Å². The van der Waals surface area contributed by atoms with Crippen molar-refractivity contribution in [2.24, 2.45) is 7.05 Å². The maximum absolute atomic E-state index is 12.9. The first-order valence-corrected chi connectivity index (χ1v) is 9.77. The highest BCUT2D eigenvalue weighted by Crippen LogP contribution is 2.40. The van der Waals surface area contributed by atoms with Crippen molar-refractivity contribution in [2.45, 2.75) is 11.1 Å². The van der Waals surface area contributed by atoms with Crippen LogP contribution in [0.3, 0.4) is 0 Å². The monoisotopic (exact) mass is 396 g/mol. The lowest BCUT2D eigenvalue weighted by Crippen LogP contribution is -2.09. The SMILES string of the molecule is Cn1c(-c2sc3ccccc3c2S(C)=O)nc2cc(C(F)(F)F)nnc21. The van der Waals surface area contributed by atoms with Gasteiger partial charge < -0.3 is 4.57 Å². The van der Waals surface area contributed by atoms with Crippen LogP contribution in [0.4, 0.5) is 13.2 Å². The largest absolute Gasteiger partial charge is 0.435 e. The number of benzene rings is 1. The normalized spacial score (nSPS) is 13.6. The molecular weight excluding hydrogens is 385 g/mol. The van der Waals surface area contributed by atoms with Crippen LogP contribution >= 0.6 is 11.3 Å². The summed E-state index contributed by atoms with van der Waals surface area (Å²) in [6, 6.07) is 8.38. The Hall–Kier alpha value is -2.33. The van der Waals surface area contributed by atoms with E-state index in [1.54, 1.807) is 17.9 Å². The molecule has 10 heteroatoms. The van der Waals surface area contributed by atoms with Gasteiger partial charge in [-0.15, -0.1) is 21.5 Å². The van der Waals surface area contributed by atoms with Crippen molar-refractivity contribution in [1.82, 2.24) is 19.7 Å². The lowest BCUT2D eigenvalue weighted by molar-refractivity contribution is -0.141. The Labute approximate surface area is 152 Å². The first-order chi connectivity index (χ1) is 12.3. The summed E-state index contributed by atoms with van der Waals surface area (Å²) in [6.07, 6.45) is -3.02. The summed E-state index contributed by atoms with van der Waals surface area (Å²) in [5.74, 6) is 0.417. The molecule has 1 atom stereocenters. The zero-order valence-electron chi connectivity index (χ0n) is 13.5. The Morgan fingerprint density at radius 2 is 1.92 bits per heavy atom. The number of hydrogen-bond donors (Lipinski definition) is 0. The van der Waals surface area contributed by atoms with Crippen molar-refractivity contribution >= 4 is 43.4 Å². The van der Waals surface area contributed by atoms with Gasteiger partial charge in [0.2, 0.25) is 0 Å². The summed E-state index contributed by atoms with van der Waals surface area (Å²) in [4.78, 5) is 5.60. The molecule has 0 fully saturated rings. The number of aromatic nitrogens is 4. The Kier molecular flexibility index (Phi) is 3.85. The molecule has 0 saturated heterocycles. The number of fused-ring (bicyclic) bond motifs is 2. The Bertz CT molecular complexity index is 1180. The van der Waals surface area contributed by atoms with Crippen LogP contribution in [0.25, 0.3) is 32.0 Å². The van der Waals surface area contributed by atoms with Crippen molar-refractivity contribution < 1.29 is 17.4 Å². The van der Waals surface area contributed by atoms with Crippen LogP contribution in [-0.4, -0.2) is 30.2 Å². The van der Waals surface area contributed by atoms with E-state index in [2.05, 4.69) is 15.2 Å². The third kappa shape index (κ3) is 2.60. The van der Waals surface area contributed by atoms with E-state index >= 15 is 0 Å². The first-order valence-electron chi connectivity index (χ1n) is 7.40. The number of hydrogen-bond acceptors (Lipinski definition) is 5. The number of imidazole rings is 1. The van der Waals surface area contributed by atoms with E-state index in [9.17, 15) is 17.4 Å². The van der Waals surface area contributed by atoms with E-state index in [1.165, 1.54) is 11.3 Å². The zero-order chi connectivity index (χ0) is 18.6. The maximum Gasteiger partial charge on any atom is 0.435 e. The van der Waals surface area contributed by atoms with Crippen LogP contribution in [0.15, 0.2) is 35.2 Å². The predicted octanol–water partition coefficient (Wildman–Crippen LogP) is 4.00. The van der Waals surface area contributed by atoms with E-state index in [0.29, 0.717) is 15.6 Å². The average Bonchev–Trinajstić information content (AvgIpc) is 3.11. The van der Waals surface area contributed by atoms with E-state index < -0.39 is 22.7 Å². The zero-order valence-corrected chi connectivity index (χ0v) is 15.2. The van der Waals surface area contributed by atoms with Crippen LogP contribution in [0.2, 0.25) is 0 Å². The smallest absolute Gasteiger partial charge is 0.310 e. The van der Waals surface area contributed by atoms with Gasteiger partial charge in [-0.3, -0.25) is 4.21 Å². The van der Waals surface area contributed by atoms with Gasteiger partial charge in [-0.05, 0) is 6.07 Å². The van der Waals surface area contributed by atoms with E-state index in [4.69, 9.17) is 0 Å². The van der Waals surface area contributed by atoms with Crippen molar-refractivity contribution in [3.8, 4) is 10.7 Å². The van der Waals surface area contributed by atoms with E-state index in [1.807, 2.05) is 24.3 Å². The van der Waals surface area contributed by atoms with Crippen molar-refractivity contribution in [3.05, 3.63) is 36.0 Å². The summed E-state index contributed by atoms with van der Waals surface area (Å²) in [5, 5.41) is 7.78. The highest BCUT2D eigenvalue weighted by atomic mass is 32.2. The molecule has 0 saturated carbocycles. The molecule has 0 aliphatic carbocycles. The Morgan fingerprint density at radius 3 is 2.62 bits per heavy atom. The first kappa shape index (κ1) is 17.1. The summed E-state index contributed by atoms with van der Waals surface area (Å²) in [7, 11) is 0.360. The Balaban J connectivity index is 2.00. The van der Waals surface area contributed by atoms with Crippen LogP contribution in [0.5, 0.6) is 0 Å². The van der Waals surface area contributed by atoms with Gasteiger partial charge >= 0.3 is 6.18 Å². The molecule has 3 heterocycles. The molecule has 0 aliphatic heterocycles. The third-order valence-corrected chi connectivity index (χ3v) is 6.24. The third-order valence-electron chi connectivity index (χ3n) is 3.95. The molecule has 0 amide bonds. The fourth-order valence-corrected chi connectivity index (χ4v) is 5.29. The quantitative estimate of drug-likeness (QED) is 0.514. The van der Waals surface area contributed by atoms with Gasteiger partial charge in [-0.25, -0.2) is 4.98 Å². The molecule has 0 radical (unpaired) electrons. The van der Waals surface area contributed by atoms with Gasteiger partial charge in [-0.1, -0.05) is 18.2 Å². The van der Waals surface area contributed by atoms with Crippen molar-refractivity contribution in [2.75, 3.05) is 6.26 Å². The molecule has 0 spiro atoms. The van der Waals surface area contributed by atoms with Gasteiger partial charge in [0.25, 0.3) is 0 Å². The van der Waals surface area contributed by atoms with Crippen LogP contribution < -0.4 is 0 Å². The summed E-state index contributed by atoms with van der Waals surface area (Å²) in [6.45, 7) is 0.